The number of hydrogen-bond acceptors (Lipinski definition) is 7. The Bertz CT molecular complexity index is 842. The Hall–Kier alpha value is -2.27. The molecule has 1 aromatic rings. The van der Waals surface area contributed by atoms with E-state index in [9.17, 15) is 23.8 Å². The zero-order valence-electron chi connectivity index (χ0n) is 16.7. The molecule has 0 aliphatic carbocycles. The number of carbonyl (C=O) groups is 1. The zero-order chi connectivity index (χ0) is 22.5. The van der Waals surface area contributed by atoms with Crippen molar-refractivity contribution in [3.05, 3.63) is 59.9 Å². The molecule has 1 aliphatic rings. The third-order valence-electron chi connectivity index (χ3n) is 4.53. The van der Waals surface area contributed by atoms with Gasteiger partial charge in [-0.1, -0.05) is 24.6 Å². The van der Waals surface area contributed by atoms with Crippen LogP contribution in [0.3, 0.4) is 0 Å². The van der Waals surface area contributed by atoms with Crippen molar-refractivity contribution >= 4 is 23.6 Å². The SMILES string of the molecule is C=CC(O)(CC(=N)c1cc(F)cc(F)c1)C(=O)NC[C@@H]1C=C(C(C)(O)NSC)OC1. The van der Waals surface area contributed by atoms with Gasteiger partial charge in [0.05, 0.1) is 6.61 Å². The van der Waals surface area contributed by atoms with E-state index in [0.717, 1.165) is 18.2 Å². The Labute approximate surface area is 177 Å². The quantitative estimate of drug-likeness (QED) is 0.164. The molecule has 0 spiro atoms. The molecule has 0 bridgehead atoms. The maximum Gasteiger partial charge on any atom is 0.256 e. The van der Waals surface area contributed by atoms with Gasteiger partial charge in [-0.05, 0) is 31.4 Å². The van der Waals surface area contributed by atoms with Crippen LogP contribution < -0.4 is 10.0 Å². The van der Waals surface area contributed by atoms with Gasteiger partial charge in [0, 0.05) is 36.2 Å². The van der Waals surface area contributed by atoms with E-state index in [-0.39, 0.29) is 30.3 Å². The summed E-state index contributed by atoms with van der Waals surface area (Å²) in [5.41, 5.74) is -3.91. The molecule has 1 aromatic carbocycles. The molecule has 3 atom stereocenters. The van der Waals surface area contributed by atoms with E-state index >= 15 is 0 Å². The highest BCUT2D eigenvalue weighted by atomic mass is 32.2. The van der Waals surface area contributed by atoms with Crippen molar-refractivity contribution < 1.29 is 28.5 Å². The van der Waals surface area contributed by atoms with Gasteiger partial charge in [-0.15, -0.1) is 0 Å². The van der Waals surface area contributed by atoms with Crippen molar-refractivity contribution in [2.75, 3.05) is 19.4 Å². The van der Waals surface area contributed by atoms with E-state index in [1.165, 1.54) is 18.9 Å². The summed E-state index contributed by atoms with van der Waals surface area (Å²) in [5.74, 6) is -2.46. The van der Waals surface area contributed by atoms with Crippen molar-refractivity contribution in [3.63, 3.8) is 0 Å². The molecule has 0 saturated heterocycles. The van der Waals surface area contributed by atoms with Gasteiger partial charge in [-0.3, -0.25) is 4.79 Å². The van der Waals surface area contributed by atoms with Gasteiger partial charge in [-0.25, -0.2) is 13.5 Å². The first kappa shape index (κ1) is 24.0. The third kappa shape index (κ3) is 5.88. The lowest BCUT2D eigenvalue weighted by Crippen LogP contribution is -2.48. The van der Waals surface area contributed by atoms with E-state index in [4.69, 9.17) is 10.1 Å². The smallest absolute Gasteiger partial charge is 0.256 e. The maximum atomic E-state index is 13.4. The number of hydrogen-bond donors (Lipinski definition) is 5. The third-order valence-corrected chi connectivity index (χ3v) is 5.14. The standard InChI is InChI=1S/C20H25F2N3O4S/c1-4-20(28,9-16(23)13-6-14(21)8-15(22)7-13)18(26)24-10-12-5-17(29-11-12)19(2,27)25-30-3/h4-8,12,23,25,27-28H,1,9-11H2,2-3H3,(H,24,26)/t12-,19?,20?/m0/s1. The largest absolute Gasteiger partial charge is 0.493 e. The number of carbonyl (C=O) groups excluding carboxylic acids is 1. The molecule has 0 radical (unpaired) electrons. The number of aliphatic hydroxyl groups is 2. The van der Waals surface area contributed by atoms with Crippen LogP contribution in [0.5, 0.6) is 0 Å². The van der Waals surface area contributed by atoms with Gasteiger partial charge < -0.3 is 25.7 Å². The second-order valence-corrected chi connectivity index (χ2v) is 7.74. The molecule has 164 valence electrons. The van der Waals surface area contributed by atoms with Crippen molar-refractivity contribution in [3.8, 4) is 0 Å². The number of rotatable bonds is 10. The van der Waals surface area contributed by atoms with Crippen LogP contribution in [0.25, 0.3) is 0 Å². The Kier molecular flexibility index (Phi) is 7.75. The van der Waals surface area contributed by atoms with Crippen LogP contribution in [-0.2, 0) is 9.53 Å². The molecule has 2 unspecified atom stereocenters. The molecule has 1 amide bonds. The molecule has 0 aromatic heterocycles. The summed E-state index contributed by atoms with van der Waals surface area (Å²) in [6, 6.07) is 2.56. The Morgan fingerprint density at radius 3 is 2.60 bits per heavy atom. The van der Waals surface area contributed by atoms with Gasteiger partial charge in [0.2, 0.25) is 0 Å². The fourth-order valence-electron chi connectivity index (χ4n) is 2.90. The van der Waals surface area contributed by atoms with Crippen LogP contribution in [-0.4, -0.2) is 52.6 Å². The van der Waals surface area contributed by atoms with Crippen molar-refractivity contribution in [2.45, 2.75) is 24.7 Å². The minimum absolute atomic E-state index is 0.0825. The lowest BCUT2D eigenvalue weighted by Gasteiger charge is -2.24. The normalized spacial score (nSPS) is 19.8. The first-order chi connectivity index (χ1) is 14.0. The molecule has 0 fully saturated rings. The highest BCUT2D eigenvalue weighted by Gasteiger charge is 2.36. The predicted molar refractivity (Wildman–Crippen MR) is 111 cm³/mol. The number of ether oxygens (including phenoxy) is 1. The molecule has 10 heteroatoms. The van der Waals surface area contributed by atoms with E-state index in [1.54, 1.807) is 12.3 Å². The molecule has 1 heterocycles. The van der Waals surface area contributed by atoms with Crippen LogP contribution in [0.4, 0.5) is 8.78 Å². The average Bonchev–Trinajstić information content (AvgIpc) is 3.15. The molecule has 2 rings (SSSR count). The van der Waals surface area contributed by atoms with Gasteiger partial charge in [0.25, 0.3) is 5.91 Å². The van der Waals surface area contributed by atoms with Crippen molar-refractivity contribution in [2.24, 2.45) is 5.92 Å². The van der Waals surface area contributed by atoms with E-state index in [0.29, 0.717) is 11.8 Å². The topological polar surface area (TPSA) is 115 Å². The Balaban J connectivity index is 2.01. The van der Waals surface area contributed by atoms with E-state index < -0.39 is 35.3 Å². The summed E-state index contributed by atoms with van der Waals surface area (Å²) in [6.07, 6.45) is 3.90. The predicted octanol–water partition coefficient (Wildman–Crippen LogP) is 1.86. The lowest BCUT2D eigenvalue weighted by molar-refractivity contribution is -0.134. The maximum absolute atomic E-state index is 13.4. The van der Waals surface area contributed by atoms with Crippen LogP contribution in [0.15, 0.2) is 42.7 Å². The van der Waals surface area contributed by atoms with Gasteiger partial charge in [0.1, 0.15) is 17.4 Å². The average molecular weight is 442 g/mol. The summed E-state index contributed by atoms with van der Waals surface area (Å²) in [4.78, 5) is 12.5. The second kappa shape index (κ2) is 9.69. The Morgan fingerprint density at radius 2 is 2.03 bits per heavy atom. The van der Waals surface area contributed by atoms with Gasteiger partial charge in [-0.2, -0.15) is 0 Å². The number of nitrogens with one attached hydrogen (secondary N) is 3. The molecule has 5 N–H and O–H groups in total. The molecule has 1 aliphatic heterocycles. The van der Waals surface area contributed by atoms with Gasteiger partial charge >= 0.3 is 0 Å². The monoisotopic (exact) mass is 441 g/mol. The van der Waals surface area contributed by atoms with Crippen LogP contribution in [0.1, 0.15) is 18.9 Å². The number of benzene rings is 1. The minimum atomic E-state index is -2.14. The van der Waals surface area contributed by atoms with Crippen molar-refractivity contribution in [1.82, 2.24) is 10.0 Å². The zero-order valence-corrected chi connectivity index (χ0v) is 17.5. The lowest BCUT2D eigenvalue weighted by atomic mass is 9.92. The van der Waals surface area contributed by atoms with Gasteiger partial charge in [0.15, 0.2) is 11.3 Å². The summed E-state index contributed by atoms with van der Waals surface area (Å²) >= 11 is 1.23. The first-order valence-corrected chi connectivity index (χ1v) is 10.3. The highest BCUT2D eigenvalue weighted by Crippen LogP contribution is 2.25. The fourth-order valence-corrected chi connectivity index (χ4v) is 3.40. The summed E-state index contributed by atoms with van der Waals surface area (Å²) in [7, 11) is 0. The molecule has 30 heavy (non-hydrogen) atoms. The molecular formula is C20H25F2N3O4S. The van der Waals surface area contributed by atoms with Crippen molar-refractivity contribution in [1.29, 1.82) is 5.41 Å². The first-order valence-electron chi connectivity index (χ1n) is 9.06. The summed E-state index contributed by atoms with van der Waals surface area (Å²) in [6.45, 7) is 5.32. The highest BCUT2D eigenvalue weighted by molar-refractivity contribution is 7.96. The van der Waals surface area contributed by atoms with E-state index in [2.05, 4.69) is 16.6 Å². The molecule has 0 saturated carbocycles. The van der Waals surface area contributed by atoms with Crippen LogP contribution in [0.2, 0.25) is 0 Å². The van der Waals surface area contributed by atoms with Crippen LogP contribution >= 0.6 is 11.9 Å². The number of halogens is 2. The fraction of sp³-hybridized carbons (Fsp3) is 0.400. The second-order valence-electron chi connectivity index (χ2n) is 7.13. The Morgan fingerprint density at radius 1 is 1.40 bits per heavy atom. The number of amides is 1. The van der Waals surface area contributed by atoms with Crippen LogP contribution in [0, 0.1) is 23.0 Å². The molecule has 7 nitrogen and oxygen atoms in total. The molecular weight excluding hydrogens is 416 g/mol. The summed E-state index contributed by atoms with van der Waals surface area (Å²) < 4.78 is 35.0. The minimum Gasteiger partial charge on any atom is -0.493 e. The summed E-state index contributed by atoms with van der Waals surface area (Å²) in [5, 5.41) is 31.5. The van der Waals surface area contributed by atoms with E-state index in [1.807, 2.05) is 0 Å².